The number of Topliss-reactive ketones (excluding diaryl/α,β-unsaturated/α-hetero) is 1. The fraction of sp³-hybridized carbons (Fsp3) is 0.286. The van der Waals surface area contributed by atoms with Crippen molar-refractivity contribution in [1.29, 1.82) is 0 Å². The van der Waals surface area contributed by atoms with Gasteiger partial charge in [0.15, 0.2) is 5.78 Å². The van der Waals surface area contributed by atoms with E-state index in [0.29, 0.717) is 24.6 Å². The van der Waals surface area contributed by atoms with E-state index in [0.717, 1.165) is 0 Å². The van der Waals surface area contributed by atoms with E-state index in [1.54, 1.807) is 18.2 Å². The summed E-state index contributed by atoms with van der Waals surface area (Å²) in [6, 6.07) is 9.12. The predicted molar refractivity (Wildman–Crippen MR) is 136 cm³/mol. The molecule has 0 atom stereocenters. The number of carbonyl (C=O) groups is 1. The summed E-state index contributed by atoms with van der Waals surface area (Å²) in [4.78, 5) is 11.5. The predicted octanol–water partition coefficient (Wildman–Crippen LogP) is 8.05. The molecule has 4 N–H and O–H groups in total. The Kier molecular flexibility index (Phi) is 12.7. The fourth-order valence-corrected chi connectivity index (χ4v) is 3.72. The maximum atomic E-state index is 12.3. The molecule has 5 nitrogen and oxygen atoms in total. The van der Waals surface area contributed by atoms with Crippen molar-refractivity contribution in [2.24, 2.45) is 21.7 Å². The summed E-state index contributed by atoms with van der Waals surface area (Å²) in [5.41, 5.74) is 10.9. The molecule has 0 aliphatic carbocycles. The Morgan fingerprint density at radius 2 is 1.22 bits per heavy atom. The third-order valence-corrected chi connectivity index (χ3v) is 5.89. The van der Waals surface area contributed by atoms with Crippen LogP contribution in [0.3, 0.4) is 0 Å². The Morgan fingerprint density at radius 3 is 1.69 bits per heavy atom. The SMILES string of the molecule is NC(N)=N/N=C(\CCC(F)(F)F)c1cc(Cl)ccc1Br.O=C(CCC(F)(F)F)c1cc(Cl)ccc1Br. The highest BCUT2D eigenvalue weighted by molar-refractivity contribution is 9.10. The van der Waals surface area contributed by atoms with Gasteiger partial charge in [-0.05, 0) is 36.4 Å². The lowest BCUT2D eigenvalue weighted by molar-refractivity contribution is -0.134. The molecule has 2 rings (SSSR count). The zero-order chi connectivity index (χ0) is 27.7. The van der Waals surface area contributed by atoms with Crippen molar-refractivity contribution in [2.75, 3.05) is 0 Å². The van der Waals surface area contributed by atoms with E-state index in [1.807, 2.05) is 0 Å². The van der Waals surface area contributed by atoms with E-state index >= 15 is 0 Å². The second-order valence-electron chi connectivity index (χ2n) is 6.97. The molecule has 0 heterocycles. The van der Waals surface area contributed by atoms with E-state index in [1.165, 1.54) is 18.2 Å². The van der Waals surface area contributed by atoms with Gasteiger partial charge in [-0.1, -0.05) is 55.1 Å². The molecular weight excluding hydrogens is 669 g/mol. The molecule has 2 aromatic rings. The van der Waals surface area contributed by atoms with Crippen LogP contribution >= 0.6 is 55.1 Å². The first-order valence-electron chi connectivity index (χ1n) is 9.71. The lowest BCUT2D eigenvalue weighted by Gasteiger charge is -2.10. The average molecular weight is 687 g/mol. The van der Waals surface area contributed by atoms with E-state index in [9.17, 15) is 31.1 Å². The summed E-state index contributed by atoms with van der Waals surface area (Å²) in [6.45, 7) is 0. The van der Waals surface area contributed by atoms with Crippen LogP contribution in [0.15, 0.2) is 55.5 Å². The lowest BCUT2D eigenvalue weighted by atomic mass is 10.1. The number of nitrogens with two attached hydrogens (primary N) is 2. The number of guanidine groups is 1. The summed E-state index contributed by atoms with van der Waals surface area (Å²) in [5, 5.41) is 7.75. The summed E-state index contributed by atoms with van der Waals surface area (Å²) >= 11 is 17.8. The summed E-state index contributed by atoms with van der Waals surface area (Å²) < 4.78 is 73.8. The Morgan fingerprint density at radius 1 is 0.778 bits per heavy atom. The number of alkyl halides is 6. The van der Waals surface area contributed by atoms with E-state index in [-0.39, 0.29) is 23.7 Å². The number of hydrogen-bond acceptors (Lipinski definition) is 3. The molecule has 0 aromatic heterocycles. The Hall–Kier alpha value is -1.83. The van der Waals surface area contributed by atoms with Crippen LogP contribution in [0.2, 0.25) is 10.0 Å². The maximum absolute atomic E-state index is 12.3. The first-order valence-corrected chi connectivity index (χ1v) is 12.1. The molecule has 0 aliphatic heterocycles. The van der Waals surface area contributed by atoms with Gasteiger partial charge in [-0.3, -0.25) is 4.79 Å². The minimum Gasteiger partial charge on any atom is -0.369 e. The molecular formula is C21H18Br2Cl2F6N4O. The van der Waals surface area contributed by atoms with Gasteiger partial charge in [0.1, 0.15) is 0 Å². The summed E-state index contributed by atoms with van der Waals surface area (Å²) in [5.74, 6) is -0.917. The van der Waals surface area contributed by atoms with Gasteiger partial charge in [0.25, 0.3) is 0 Å². The molecule has 15 heteroatoms. The molecule has 36 heavy (non-hydrogen) atoms. The van der Waals surface area contributed by atoms with Crippen LogP contribution in [0.25, 0.3) is 0 Å². The van der Waals surface area contributed by atoms with E-state index in [2.05, 4.69) is 42.1 Å². The van der Waals surface area contributed by atoms with Crippen LogP contribution in [0.5, 0.6) is 0 Å². The lowest BCUT2D eigenvalue weighted by Crippen LogP contribution is -2.22. The highest BCUT2D eigenvalue weighted by atomic mass is 79.9. The molecule has 2 aromatic carbocycles. The second-order valence-corrected chi connectivity index (χ2v) is 9.55. The molecule has 0 spiro atoms. The zero-order valence-electron chi connectivity index (χ0n) is 18.0. The highest BCUT2D eigenvalue weighted by Crippen LogP contribution is 2.28. The third-order valence-electron chi connectivity index (χ3n) is 4.04. The first-order chi connectivity index (χ1) is 16.5. The minimum atomic E-state index is -4.32. The van der Waals surface area contributed by atoms with Crippen LogP contribution in [0.1, 0.15) is 41.6 Å². The van der Waals surface area contributed by atoms with Crippen molar-refractivity contribution < 1.29 is 31.1 Å². The van der Waals surface area contributed by atoms with Crippen LogP contribution in [0, 0.1) is 0 Å². The van der Waals surface area contributed by atoms with Gasteiger partial charge >= 0.3 is 12.4 Å². The Bertz CT molecular complexity index is 1120. The van der Waals surface area contributed by atoms with Crippen molar-refractivity contribution in [1.82, 2.24) is 0 Å². The average Bonchev–Trinajstić information content (AvgIpc) is 2.75. The normalized spacial score (nSPS) is 12.0. The van der Waals surface area contributed by atoms with Crippen molar-refractivity contribution >= 4 is 72.5 Å². The summed E-state index contributed by atoms with van der Waals surface area (Å²) in [6.07, 6.45) is -11.7. The molecule has 0 bridgehead atoms. The van der Waals surface area contributed by atoms with Gasteiger partial charge < -0.3 is 11.5 Å². The first kappa shape index (κ1) is 32.2. The number of rotatable bonds is 7. The van der Waals surface area contributed by atoms with Gasteiger partial charge in [0, 0.05) is 49.4 Å². The van der Waals surface area contributed by atoms with Crippen molar-refractivity contribution in [2.45, 2.75) is 38.0 Å². The molecule has 0 saturated heterocycles. The molecule has 0 aliphatic rings. The monoisotopic (exact) mass is 684 g/mol. The number of halogens is 10. The quantitative estimate of drug-likeness (QED) is 0.102. The van der Waals surface area contributed by atoms with E-state index < -0.39 is 37.4 Å². The van der Waals surface area contributed by atoms with Crippen molar-refractivity contribution in [3.63, 3.8) is 0 Å². The van der Waals surface area contributed by atoms with Crippen LogP contribution in [0.4, 0.5) is 26.3 Å². The molecule has 0 radical (unpaired) electrons. The minimum absolute atomic E-state index is 0.0881. The van der Waals surface area contributed by atoms with Gasteiger partial charge in [0.05, 0.1) is 12.1 Å². The largest absolute Gasteiger partial charge is 0.389 e. The Balaban J connectivity index is 0.000000369. The summed E-state index contributed by atoms with van der Waals surface area (Å²) in [7, 11) is 0. The number of nitrogens with zero attached hydrogens (tertiary/aromatic N) is 2. The topological polar surface area (TPSA) is 93.8 Å². The molecule has 198 valence electrons. The van der Waals surface area contributed by atoms with Crippen molar-refractivity contribution in [3.05, 3.63) is 66.5 Å². The van der Waals surface area contributed by atoms with Crippen LogP contribution in [-0.2, 0) is 0 Å². The number of benzene rings is 2. The van der Waals surface area contributed by atoms with Gasteiger partial charge in [-0.2, -0.15) is 31.4 Å². The Labute approximate surface area is 229 Å². The standard InChI is InChI=1S/C11H11BrClF3N4.C10H7BrClF3O/c12-8-2-1-6(13)5-7(8)9(19-20-10(17)18)3-4-11(14,15)16;11-8-2-1-6(12)5-7(8)9(16)3-4-10(13,14)15/h1-2,5H,3-4H2,(H4,17,18,20);1-2,5H,3-4H2/b19-9+;. The van der Waals surface area contributed by atoms with Crippen molar-refractivity contribution in [3.8, 4) is 0 Å². The smallest absolute Gasteiger partial charge is 0.369 e. The van der Waals surface area contributed by atoms with Gasteiger partial charge in [-0.15, -0.1) is 5.10 Å². The number of ketones is 1. The molecule has 0 amide bonds. The number of hydrogen-bond donors (Lipinski definition) is 2. The number of carbonyl (C=O) groups excluding carboxylic acids is 1. The fourth-order valence-electron chi connectivity index (χ4n) is 2.44. The maximum Gasteiger partial charge on any atom is 0.389 e. The van der Waals surface area contributed by atoms with Gasteiger partial charge in [0.2, 0.25) is 5.96 Å². The second kappa shape index (κ2) is 14.2. The van der Waals surface area contributed by atoms with Gasteiger partial charge in [-0.25, -0.2) is 0 Å². The molecule has 0 fully saturated rings. The van der Waals surface area contributed by atoms with E-state index in [4.69, 9.17) is 34.7 Å². The molecule has 0 unspecified atom stereocenters. The highest BCUT2D eigenvalue weighted by Gasteiger charge is 2.29. The van der Waals surface area contributed by atoms with Crippen LogP contribution in [-0.4, -0.2) is 29.8 Å². The third kappa shape index (κ3) is 12.9. The van der Waals surface area contributed by atoms with Crippen LogP contribution < -0.4 is 11.5 Å². The zero-order valence-corrected chi connectivity index (χ0v) is 22.7. The molecule has 0 saturated carbocycles.